The molecule has 1 aliphatic heterocycles. The Balaban J connectivity index is 0.00000225. The van der Waals surface area contributed by atoms with Crippen molar-refractivity contribution in [2.75, 3.05) is 20.3 Å². The molecule has 0 amide bonds. The third-order valence-electron chi connectivity index (χ3n) is 3.69. The molecule has 136 valence electrons. The molecule has 2 heterocycles. The third-order valence-corrected chi connectivity index (χ3v) is 3.69. The van der Waals surface area contributed by atoms with Crippen LogP contribution in [0.2, 0.25) is 0 Å². The number of ether oxygens (including phenoxy) is 3. The van der Waals surface area contributed by atoms with E-state index in [1.54, 1.807) is 24.3 Å². The van der Waals surface area contributed by atoms with Crippen LogP contribution >= 0.6 is 12.4 Å². The summed E-state index contributed by atoms with van der Waals surface area (Å²) >= 11 is 0. The number of carbonyl (C=O) groups excluding carboxylic acids is 1. The number of esters is 1. The lowest BCUT2D eigenvalue weighted by Crippen LogP contribution is -2.40. The third kappa shape index (κ3) is 4.68. The van der Waals surface area contributed by atoms with E-state index in [1.165, 1.54) is 7.11 Å². The van der Waals surface area contributed by atoms with Crippen LogP contribution < -0.4 is 10.1 Å². The van der Waals surface area contributed by atoms with Crippen molar-refractivity contribution < 1.29 is 23.5 Å². The molecule has 0 radical (unpaired) electrons. The Bertz CT molecular complexity index is 709. The Morgan fingerprint density at radius 3 is 3.04 bits per heavy atom. The van der Waals surface area contributed by atoms with E-state index in [2.05, 4.69) is 20.2 Å². The summed E-state index contributed by atoms with van der Waals surface area (Å²) in [4.78, 5) is 15.8. The number of hydrogen-bond donors (Lipinski definition) is 1. The average Bonchev–Trinajstić information content (AvgIpc) is 3.08. The van der Waals surface area contributed by atoms with E-state index in [9.17, 15) is 4.79 Å². The minimum absolute atomic E-state index is 0. The molecule has 1 aromatic heterocycles. The second kappa shape index (κ2) is 8.80. The first kappa shape index (κ1) is 19.2. The summed E-state index contributed by atoms with van der Waals surface area (Å²) in [6.07, 6.45) is -0.0373. The fourth-order valence-corrected chi connectivity index (χ4v) is 2.44. The molecule has 1 aromatic carbocycles. The number of hydrogen-bond acceptors (Lipinski definition) is 8. The molecule has 0 saturated carbocycles. The number of benzene rings is 1. The summed E-state index contributed by atoms with van der Waals surface area (Å²) in [5.74, 6) is 1.01. The van der Waals surface area contributed by atoms with Crippen molar-refractivity contribution >= 4 is 18.4 Å². The Kier molecular flexibility index (Phi) is 6.74. The largest absolute Gasteiger partial charge is 0.485 e. The van der Waals surface area contributed by atoms with Gasteiger partial charge in [0.05, 0.1) is 25.4 Å². The molecule has 8 nitrogen and oxygen atoms in total. The molecule has 1 saturated heterocycles. The maximum absolute atomic E-state index is 11.5. The topological polar surface area (TPSA) is 95.7 Å². The number of halogens is 1. The Labute approximate surface area is 151 Å². The zero-order valence-electron chi connectivity index (χ0n) is 13.9. The quantitative estimate of drug-likeness (QED) is 0.798. The monoisotopic (exact) mass is 369 g/mol. The van der Waals surface area contributed by atoms with Gasteiger partial charge in [0.2, 0.25) is 11.7 Å². The summed E-state index contributed by atoms with van der Waals surface area (Å²) < 4.78 is 21.1. The highest BCUT2D eigenvalue weighted by atomic mass is 35.5. The van der Waals surface area contributed by atoms with Crippen LogP contribution in [0.25, 0.3) is 0 Å². The van der Waals surface area contributed by atoms with Gasteiger partial charge in [-0.05, 0) is 25.1 Å². The van der Waals surface area contributed by atoms with Crippen molar-refractivity contribution in [3.05, 3.63) is 41.5 Å². The number of nitrogens with zero attached hydrogens (tertiary/aromatic N) is 2. The minimum Gasteiger partial charge on any atom is -0.485 e. The number of carbonyl (C=O) groups is 1. The number of rotatable bonds is 5. The number of morpholine rings is 1. The molecule has 25 heavy (non-hydrogen) atoms. The Morgan fingerprint density at radius 2 is 2.28 bits per heavy atom. The summed E-state index contributed by atoms with van der Waals surface area (Å²) in [6, 6.07) is 6.59. The Morgan fingerprint density at radius 1 is 1.44 bits per heavy atom. The second-order valence-electron chi connectivity index (χ2n) is 5.36. The van der Waals surface area contributed by atoms with Crippen LogP contribution in [0, 0.1) is 0 Å². The van der Waals surface area contributed by atoms with Crippen LogP contribution in [0.3, 0.4) is 0 Å². The van der Waals surface area contributed by atoms with Gasteiger partial charge in [-0.15, -0.1) is 12.4 Å². The molecule has 0 bridgehead atoms. The van der Waals surface area contributed by atoms with Crippen molar-refractivity contribution in [3.8, 4) is 5.75 Å². The lowest BCUT2D eigenvalue weighted by molar-refractivity contribution is -0.00136. The number of methoxy groups -OCH3 is 1. The van der Waals surface area contributed by atoms with Gasteiger partial charge in [0.15, 0.2) is 6.61 Å². The van der Waals surface area contributed by atoms with E-state index in [4.69, 9.17) is 14.0 Å². The predicted octanol–water partition coefficient (Wildman–Crippen LogP) is 1.91. The van der Waals surface area contributed by atoms with E-state index in [1.807, 2.05) is 6.92 Å². The van der Waals surface area contributed by atoms with Crippen LogP contribution in [0.5, 0.6) is 5.75 Å². The SMILES string of the molecule is COC(=O)c1cccc(OCc2noc([C@H]3NCCO[C@@H]3C)n2)c1.Cl. The maximum atomic E-state index is 11.5. The zero-order valence-corrected chi connectivity index (χ0v) is 14.7. The van der Waals surface area contributed by atoms with Crippen LogP contribution in [-0.2, 0) is 16.1 Å². The van der Waals surface area contributed by atoms with Gasteiger partial charge in [-0.25, -0.2) is 4.79 Å². The molecule has 2 atom stereocenters. The second-order valence-corrected chi connectivity index (χ2v) is 5.36. The molecule has 0 spiro atoms. The van der Waals surface area contributed by atoms with Crippen molar-refractivity contribution in [1.29, 1.82) is 0 Å². The van der Waals surface area contributed by atoms with Gasteiger partial charge >= 0.3 is 5.97 Å². The Hall–Kier alpha value is -2.16. The molecule has 3 rings (SSSR count). The maximum Gasteiger partial charge on any atom is 0.337 e. The van der Waals surface area contributed by atoms with Crippen LogP contribution in [0.1, 0.15) is 35.0 Å². The minimum atomic E-state index is -0.417. The smallest absolute Gasteiger partial charge is 0.337 e. The van der Waals surface area contributed by atoms with Gasteiger partial charge in [-0.3, -0.25) is 0 Å². The molecule has 1 fully saturated rings. The lowest BCUT2D eigenvalue weighted by Gasteiger charge is -2.27. The molecule has 0 unspecified atom stereocenters. The van der Waals surface area contributed by atoms with E-state index in [0.717, 1.165) is 6.54 Å². The van der Waals surface area contributed by atoms with Crippen molar-refractivity contribution in [2.45, 2.75) is 25.7 Å². The van der Waals surface area contributed by atoms with E-state index in [-0.39, 0.29) is 31.2 Å². The highest BCUT2D eigenvalue weighted by molar-refractivity contribution is 5.89. The van der Waals surface area contributed by atoms with E-state index >= 15 is 0 Å². The van der Waals surface area contributed by atoms with Gasteiger partial charge in [-0.1, -0.05) is 11.2 Å². The summed E-state index contributed by atoms with van der Waals surface area (Å²) in [7, 11) is 1.33. The number of aromatic nitrogens is 2. The highest BCUT2D eigenvalue weighted by Gasteiger charge is 2.28. The zero-order chi connectivity index (χ0) is 16.9. The first-order valence-corrected chi connectivity index (χ1v) is 7.66. The number of nitrogens with one attached hydrogen (secondary N) is 1. The standard InChI is InChI=1S/C16H19N3O5.ClH/c1-10-14(17-6-7-22-10)15-18-13(19-24-15)9-23-12-5-3-4-11(8-12)16(20)21-2;/h3-5,8,10,14,17H,6-7,9H2,1-2H3;1H/t10-,14+;/m1./s1. The van der Waals surface area contributed by atoms with Gasteiger partial charge in [-0.2, -0.15) is 4.98 Å². The van der Waals surface area contributed by atoms with Gasteiger partial charge in [0, 0.05) is 6.54 Å². The van der Waals surface area contributed by atoms with E-state index < -0.39 is 5.97 Å². The van der Waals surface area contributed by atoms with Gasteiger partial charge in [0.25, 0.3) is 0 Å². The molecule has 1 N–H and O–H groups in total. The van der Waals surface area contributed by atoms with E-state index in [0.29, 0.717) is 29.6 Å². The predicted molar refractivity (Wildman–Crippen MR) is 89.8 cm³/mol. The van der Waals surface area contributed by atoms with Crippen LogP contribution in [0.15, 0.2) is 28.8 Å². The normalized spacial score (nSPS) is 19.8. The highest BCUT2D eigenvalue weighted by Crippen LogP contribution is 2.21. The lowest BCUT2D eigenvalue weighted by atomic mass is 10.1. The first-order valence-electron chi connectivity index (χ1n) is 7.66. The molecule has 1 aliphatic rings. The van der Waals surface area contributed by atoms with Crippen LogP contribution in [-0.4, -0.2) is 42.5 Å². The molecule has 0 aliphatic carbocycles. The summed E-state index contributed by atoms with van der Waals surface area (Å²) in [5.41, 5.74) is 0.418. The first-order chi connectivity index (χ1) is 11.7. The average molecular weight is 370 g/mol. The summed E-state index contributed by atoms with van der Waals surface area (Å²) in [6.45, 7) is 3.49. The molecular weight excluding hydrogens is 350 g/mol. The van der Waals surface area contributed by atoms with Crippen molar-refractivity contribution in [2.24, 2.45) is 0 Å². The van der Waals surface area contributed by atoms with Gasteiger partial charge in [0.1, 0.15) is 11.8 Å². The van der Waals surface area contributed by atoms with Gasteiger partial charge < -0.3 is 24.1 Å². The van der Waals surface area contributed by atoms with Crippen LogP contribution in [0.4, 0.5) is 0 Å². The van der Waals surface area contributed by atoms with Crippen molar-refractivity contribution in [1.82, 2.24) is 15.5 Å². The summed E-state index contributed by atoms with van der Waals surface area (Å²) in [5, 5.41) is 7.20. The molecular formula is C16H20ClN3O5. The molecule has 9 heteroatoms. The van der Waals surface area contributed by atoms with Crippen molar-refractivity contribution in [3.63, 3.8) is 0 Å². The fraction of sp³-hybridized carbons (Fsp3) is 0.438. The molecule has 2 aromatic rings. The fourth-order valence-electron chi connectivity index (χ4n) is 2.44.